The van der Waals surface area contributed by atoms with E-state index in [1.807, 2.05) is 0 Å². The van der Waals surface area contributed by atoms with Crippen LogP contribution in [0.15, 0.2) is 73.3 Å². The van der Waals surface area contributed by atoms with Gasteiger partial charge in [-0.1, -0.05) is 23.2 Å². The van der Waals surface area contributed by atoms with Gasteiger partial charge in [-0.3, -0.25) is 14.8 Å². The Labute approximate surface area is 193 Å². The molecular weight excluding hydrogens is 457 g/mol. The van der Waals surface area contributed by atoms with Crippen molar-refractivity contribution in [3.05, 3.63) is 106 Å². The van der Waals surface area contributed by atoms with Gasteiger partial charge in [0.25, 0.3) is 0 Å². The topological polar surface area (TPSA) is 63.1 Å². The highest BCUT2D eigenvalue weighted by atomic mass is 35.5. The van der Waals surface area contributed by atoms with Crippen LogP contribution in [-0.2, 0) is 6.61 Å². The first-order valence-electron chi connectivity index (χ1n) is 9.28. The van der Waals surface area contributed by atoms with E-state index in [-0.39, 0.29) is 6.61 Å². The number of hydrogen-bond acceptors (Lipinski definition) is 4. The Morgan fingerprint density at radius 1 is 0.781 bits per heavy atom. The van der Waals surface area contributed by atoms with Crippen LogP contribution in [-0.4, -0.2) is 21.4 Å². The summed E-state index contributed by atoms with van der Waals surface area (Å²) in [6, 6.07) is 12.0. The second kappa shape index (κ2) is 10.9. The minimum atomic E-state index is -0.457. The van der Waals surface area contributed by atoms with E-state index < -0.39 is 11.6 Å². The predicted molar refractivity (Wildman–Crippen MR) is 121 cm³/mol. The van der Waals surface area contributed by atoms with E-state index in [1.165, 1.54) is 30.7 Å². The van der Waals surface area contributed by atoms with Crippen LogP contribution in [0.5, 0.6) is 0 Å². The Bertz CT molecular complexity index is 1250. The molecule has 0 fully saturated rings. The Kier molecular flexibility index (Phi) is 8.00. The number of carbonyl (C=O) groups is 1. The van der Waals surface area contributed by atoms with Gasteiger partial charge >= 0.3 is 0 Å². The SMILES string of the molecule is O=Cc1cnccc1-c1ccc(Cl)cc1F.OCc1cnccc1-c1ccc(Cl)cc1F. The lowest BCUT2D eigenvalue weighted by Gasteiger charge is -2.07. The number of hydrogen-bond donors (Lipinski definition) is 1. The quantitative estimate of drug-likeness (QED) is 0.349. The van der Waals surface area contributed by atoms with Gasteiger partial charge in [-0.05, 0) is 59.7 Å². The summed E-state index contributed by atoms with van der Waals surface area (Å²) in [4.78, 5) is 18.5. The van der Waals surface area contributed by atoms with Crippen molar-refractivity contribution in [3.63, 3.8) is 0 Å². The second-order valence-electron chi connectivity index (χ2n) is 6.52. The standard InChI is InChI=1S/C12H9ClFNO.C12H7ClFNO/c2*13-9-1-2-11(12(14)5-9)10-3-4-15-6-8(10)7-16/h1-6,16H,7H2;1-7H. The number of pyridine rings is 2. The van der Waals surface area contributed by atoms with Crippen molar-refractivity contribution >= 4 is 29.5 Å². The van der Waals surface area contributed by atoms with E-state index in [1.54, 1.807) is 42.6 Å². The van der Waals surface area contributed by atoms with E-state index in [4.69, 9.17) is 28.3 Å². The monoisotopic (exact) mass is 472 g/mol. The highest BCUT2D eigenvalue weighted by Gasteiger charge is 2.10. The average molecular weight is 473 g/mol. The molecule has 4 nitrogen and oxygen atoms in total. The second-order valence-corrected chi connectivity index (χ2v) is 7.39. The molecule has 32 heavy (non-hydrogen) atoms. The maximum Gasteiger partial charge on any atom is 0.152 e. The van der Waals surface area contributed by atoms with Crippen molar-refractivity contribution in [2.75, 3.05) is 0 Å². The molecule has 2 heterocycles. The molecule has 2 aromatic heterocycles. The Balaban J connectivity index is 0.000000181. The number of rotatable bonds is 4. The fraction of sp³-hybridized carbons (Fsp3) is 0.0417. The summed E-state index contributed by atoms with van der Waals surface area (Å²) in [5.74, 6) is -0.866. The van der Waals surface area contributed by atoms with Crippen LogP contribution in [0.3, 0.4) is 0 Å². The van der Waals surface area contributed by atoms with Crippen LogP contribution in [0.1, 0.15) is 15.9 Å². The summed E-state index contributed by atoms with van der Waals surface area (Å²) in [7, 11) is 0. The van der Waals surface area contributed by atoms with Crippen LogP contribution in [0.2, 0.25) is 10.0 Å². The number of aromatic nitrogens is 2. The summed E-state index contributed by atoms with van der Waals surface area (Å²) >= 11 is 11.3. The van der Waals surface area contributed by atoms with Gasteiger partial charge in [-0.15, -0.1) is 0 Å². The van der Waals surface area contributed by atoms with Crippen LogP contribution in [0.25, 0.3) is 22.3 Å². The third kappa shape index (κ3) is 5.53. The van der Waals surface area contributed by atoms with Gasteiger partial charge < -0.3 is 5.11 Å². The number of aliphatic hydroxyl groups excluding tert-OH is 1. The zero-order valence-electron chi connectivity index (χ0n) is 16.5. The Morgan fingerprint density at radius 2 is 1.31 bits per heavy atom. The number of halogens is 4. The molecule has 0 aliphatic rings. The molecule has 0 bridgehead atoms. The van der Waals surface area contributed by atoms with Crippen molar-refractivity contribution in [3.8, 4) is 22.3 Å². The van der Waals surface area contributed by atoms with Crippen molar-refractivity contribution in [2.24, 2.45) is 0 Å². The lowest BCUT2D eigenvalue weighted by Crippen LogP contribution is -1.92. The summed E-state index contributed by atoms with van der Waals surface area (Å²) in [5, 5.41) is 9.81. The third-order valence-electron chi connectivity index (χ3n) is 4.50. The smallest absolute Gasteiger partial charge is 0.152 e. The molecule has 0 radical (unpaired) electrons. The van der Waals surface area contributed by atoms with Gasteiger partial charge in [0, 0.05) is 57.1 Å². The fourth-order valence-corrected chi connectivity index (χ4v) is 3.30. The van der Waals surface area contributed by atoms with E-state index in [2.05, 4.69) is 9.97 Å². The summed E-state index contributed by atoms with van der Waals surface area (Å²) in [6.07, 6.45) is 6.63. The molecule has 0 atom stereocenters. The number of nitrogens with zero attached hydrogens (tertiary/aromatic N) is 2. The molecule has 0 saturated carbocycles. The van der Waals surface area contributed by atoms with Crippen molar-refractivity contribution in [1.29, 1.82) is 0 Å². The van der Waals surface area contributed by atoms with E-state index in [9.17, 15) is 13.6 Å². The van der Waals surface area contributed by atoms with Gasteiger partial charge in [-0.25, -0.2) is 8.78 Å². The number of aldehydes is 1. The number of aliphatic hydroxyl groups is 1. The Morgan fingerprint density at radius 3 is 1.84 bits per heavy atom. The molecule has 4 rings (SSSR count). The molecule has 8 heteroatoms. The van der Waals surface area contributed by atoms with Gasteiger partial charge in [-0.2, -0.15) is 0 Å². The highest BCUT2D eigenvalue weighted by molar-refractivity contribution is 6.31. The van der Waals surface area contributed by atoms with Crippen LogP contribution < -0.4 is 0 Å². The molecule has 0 unspecified atom stereocenters. The zero-order chi connectivity index (χ0) is 23.1. The van der Waals surface area contributed by atoms with Crippen molar-refractivity contribution < 1.29 is 18.7 Å². The average Bonchev–Trinajstić information content (AvgIpc) is 2.80. The van der Waals surface area contributed by atoms with Crippen LogP contribution in [0.4, 0.5) is 8.78 Å². The first-order valence-corrected chi connectivity index (χ1v) is 10.0. The van der Waals surface area contributed by atoms with E-state index >= 15 is 0 Å². The van der Waals surface area contributed by atoms with Gasteiger partial charge in [0.05, 0.1) is 6.61 Å². The summed E-state index contributed by atoms with van der Waals surface area (Å²) in [6.45, 7) is -0.175. The summed E-state index contributed by atoms with van der Waals surface area (Å²) in [5.41, 5.74) is 2.84. The van der Waals surface area contributed by atoms with Gasteiger partial charge in [0.2, 0.25) is 0 Å². The minimum absolute atomic E-state index is 0.175. The molecule has 162 valence electrons. The molecule has 0 aliphatic heterocycles. The minimum Gasteiger partial charge on any atom is -0.392 e. The van der Waals surface area contributed by atoms with Crippen LogP contribution >= 0.6 is 23.2 Å². The maximum atomic E-state index is 13.7. The maximum absolute atomic E-state index is 13.7. The molecule has 0 spiro atoms. The normalized spacial score (nSPS) is 10.3. The molecule has 4 aromatic rings. The first kappa shape index (κ1) is 23.5. The fourth-order valence-electron chi connectivity index (χ4n) is 2.98. The predicted octanol–water partition coefficient (Wildman–Crippen LogP) is 6.39. The molecule has 2 aromatic carbocycles. The van der Waals surface area contributed by atoms with E-state index in [0.717, 1.165) is 0 Å². The third-order valence-corrected chi connectivity index (χ3v) is 4.97. The lowest BCUT2D eigenvalue weighted by atomic mass is 10.0. The van der Waals surface area contributed by atoms with Crippen molar-refractivity contribution in [1.82, 2.24) is 9.97 Å². The van der Waals surface area contributed by atoms with Crippen molar-refractivity contribution in [2.45, 2.75) is 6.61 Å². The number of benzene rings is 2. The van der Waals surface area contributed by atoms with Gasteiger partial charge in [0.1, 0.15) is 11.6 Å². The molecule has 0 amide bonds. The highest BCUT2D eigenvalue weighted by Crippen LogP contribution is 2.28. The largest absolute Gasteiger partial charge is 0.392 e. The lowest BCUT2D eigenvalue weighted by molar-refractivity contribution is 0.112. The molecule has 1 N–H and O–H groups in total. The molecular formula is C24H16Cl2F2N2O2. The number of carbonyl (C=O) groups excluding carboxylic acids is 1. The first-order chi connectivity index (χ1) is 15.4. The Hall–Kier alpha value is -3.19. The van der Waals surface area contributed by atoms with E-state index in [0.29, 0.717) is 49.7 Å². The summed E-state index contributed by atoms with van der Waals surface area (Å²) < 4.78 is 27.3. The van der Waals surface area contributed by atoms with Crippen LogP contribution in [0, 0.1) is 11.6 Å². The molecule has 0 aliphatic carbocycles. The van der Waals surface area contributed by atoms with Gasteiger partial charge in [0.15, 0.2) is 6.29 Å². The zero-order valence-corrected chi connectivity index (χ0v) is 18.0. The molecule has 0 saturated heterocycles.